The van der Waals surface area contributed by atoms with Crippen LogP contribution in [-0.4, -0.2) is 29.5 Å². The van der Waals surface area contributed by atoms with Crippen molar-refractivity contribution in [2.45, 2.75) is 33.2 Å². The maximum absolute atomic E-state index is 12.3. The second kappa shape index (κ2) is 6.93. The molecule has 2 N–H and O–H groups in total. The average Bonchev–Trinajstić information content (AvgIpc) is 2.90. The Morgan fingerprint density at radius 2 is 1.96 bits per heavy atom. The van der Waals surface area contributed by atoms with Crippen LogP contribution < -0.4 is 15.5 Å². The summed E-state index contributed by atoms with van der Waals surface area (Å²) in [4.78, 5) is 30.4. The van der Waals surface area contributed by atoms with Crippen LogP contribution in [0.2, 0.25) is 0 Å². The lowest BCUT2D eigenvalue weighted by Gasteiger charge is -2.18. The minimum Gasteiger partial charge on any atom is -0.333 e. The quantitative estimate of drug-likeness (QED) is 0.903. The minimum atomic E-state index is -0.349. The highest BCUT2D eigenvalue weighted by Crippen LogP contribution is 2.24. The Morgan fingerprint density at radius 1 is 1.16 bits per heavy atom. The van der Waals surface area contributed by atoms with Crippen molar-refractivity contribution in [3.05, 3.63) is 53.2 Å². The predicted octanol–water partition coefficient (Wildman–Crippen LogP) is 2.93. The van der Waals surface area contributed by atoms with Crippen molar-refractivity contribution in [1.82, 2.24) is 10.3 Å². The molecule has 3 amide bonds. The van der Waals surface area contributed by atoms with Gasteiger partial charge >= 0.3 is 6.03 Å². The van der Waals surface area contributed by atoms with Crippen LogP contribution in [0.15, 0.2) is 36.4 Å². The van der Waals surface area contributed by atoms with E-state index in [0.717, 1.165) is 16.9 Å². The van der Waals surface area contributed by atoms with Gasteiger partial charge in [-0.05, 0) is 56.2 Å². The first-order valence-electron chi connectivity index (χ1n) is 8.31. The number of hydrogen-bond acceptors (Lipinski definition) is 3. The number of carbonyl (C=O) groups is 2. The van der Waals surface area contributed by atoms with Crippen molar-refractivity contribution in [3.63, 3.8) is 0 Å². The summed E-state index contributed by atoms with van der Waals surface area (Å²) in [7, 11) is 0. The Hall–Kier alpha value is -2.89. The summed E-state index contributed by atoms with van der Waals surface area (Å²) >= 11 is 0. The molecule has 0 radical (unpaired) electrons. The lowest BCUT2D eigenvalue weighted by Crippen LogP contribution is -2.39. The molecule has 2 aromatic rings. The molecule has 1 aromatic carbocycles. The third kappa shape index (κ3) is 3.96. The third-order valence-corrected chi connectivity index (χ3v) is 4.39. The van der Waals surface area contributed by atoms with Gasteiger partial charge in [-0.2, -0.15) is 0 Å². The molecule has 25 heavy (non-hydrogen) atoms. The lowest BCUT2D eigenvalue weighted by atomic mass is 10.1. The first-order chi connectivity index (χ1) is 11.9. The van der Waals surface area contributed by atoms with Crippen LogP contribution in [0.1, 0.15) is 23.2 Å². The Balaban J connectivity index is 1.62. The number of benzene rings is 1. The molecule has 0 unspecified atom stereocenters. The van der Waals surface area contributed by atoms with Crippen LogP contribution in [-0.2, 0) is 4.79 Å². The van der Waals surface area contributed by atoms with Crippen molar-refractivity contribution in [2.24, 2.45) is 0 Å². The highest BCUT2D eigenvalue weighted by atomic mass is 16.2. The molecule has 1 aromatic heterocycles. The monoisotopic (exact) mass is 338 g/mol. The van der Waals surface area contributed by atoms with E-state index in [4.69, 9.17) is 0 Å². The molecule has 3 rings (SSSR count). The van der Waals surface area contributed by atoms with Crippen LogP contribution in [0.4, 0.5) is 16.3 Å². The van der Waals surface area contributed by atoms with Crippen LogP contribution in [0, 0.1) is 20.8 Å². The summed E-state index contributed by atoms with van der Waals surface area (Å²) in [5, 5.41) is 5.56. The van der Waals surface area contributed by atoms with E-state index in [2.05, 4.69) is 15.6 Å². The molecule has 2 heterocycles. The van der Waals surface area contributed by atoms with E-state index in [1.165, 1.54) is 5.56 Å². The number of nitrogens with one attached hydrogen (secondary N) is 2. The molecule has 130 valence electrons. The number of nitrogens with zero attached hydrogens (tertiary/aromatic N) is 2. The van der Waals surface area contributed by atoms with Gasteiger partial charge in [0.05, 0.1) is 6.04 Å². The van der Waals surface area contributed by atoms with E-state index >= 15 is 0 Å². The Kier molecular flexibility index (Phi) is 4.70. The molecule has 6 nitrogen and oxygen atoms in total. The Labute approximate surface area is 147 Å². The number of carbonyl (C=O) groups excluding carboxylic acids is 2. The van der Waals surface area contributed by atoms with Gasteiger partial charge in [-0.15, -0.1) is 0 Å². The number of rotatable bonds is 3. The van der Waals surface area contributed by atoms with Gasteiger partial charge in [0.25, 0.3) is 0 Å². The molecule has 1 aliphatic heterocycles. The number of aryl methyl sites for hydroxylation is 3. The maximum atomic E-state index is 12.3. The maximum Gasteiger partial charge on any atom is 0.320 e. The third-order valence-electron chi connectivity index (χ3n) is 4.39. The molecule has 1 atom stereocenters. The van der Waals surface area contributed by atoms with Crippen molar-refractivity contribution in [3.8, 4) is 0 Å². The zero-order valence-corrected chi connectivity index (χ0v) is 14.7. The highest BCUT2D eigenvalue weighted by molar-refractivity contribution is 5.97. The topological polar surface area (TPSA) is 74.3 Å². The minimum absolute atomic E-state index is 0.0160. The van der Waals surface area contributed by atoms with E-state index in [0.29, 0.717) is 18.8 Å². The number of urea groups is 1. The molecule has 1 fully saturated rings. The van der Waals surface area contributed by atoms with Gasteiger partial charge in [-0.3, -0.25) is 10.1 Å². The zero-order valence-electron chi connectivity index (χ0n) is 14.7. The standard InChI is InChI=1S/C19H22N4O2/c1-12-7-8-16(9-13(12)2)23-11-15(10-18(23)24)21-19(25)22-17-6-4-5-14(3)20-17/h4-9,15H,10-11H2,1-3H3,(H2,20,21,22,25)/t15-/m1/s1. The second-order valence-electron chi connectivity index (χ2n) is 6.44. The van der Waals surface area contributed by atoms with Gasteiger partial charge in [-0.25, -0.2) is 9.78 Å². The van der Waals surface area contributed by atoms with E-state index in [1.54, 1.807) is 11.0 Å². The summed E-state index contributed by atoms with van der Waals surface area (Å²) in [5.74, 6) is 0.509. The smallest absolute Gasteiger partial charge is 0.320 e. The highest BCUT2D eigenvalue weighted by Gasteiger charge is 2.31. The van der Waals surface area contributed by atoms with Crippen LogP contribution in [0.5, 0.6) is 0 Å². The van der Waals surface area contributed by atoms with Crippen molar-refractivity contribution in [1.29, 1.82) is 0 Å². The Bertz CT molecular complexity index is 819. The summed E-state index contributed by atoms with van der Waals surface area (Å²) < 4.78 is 0. The first kappa shape index (κ1) is 17.0. The molecule has 1 aliphatic rings. The van der Waals surface area contributed by atoms with Gasteiger partial charge < -0.3 is 10.2 Å². The van der Waals surface area contributed by atoms with Crippen molar-refractivity contribution in [2.75, 3.05) is 16.8 Å². The Morgan fingerprint density at radius 3 is 2.68 bits per heavy atom. The van der Waals surface area contributed by atoms with Gasteiger partial charge in [0.15, 0.2) is 0 Å². The second-order valence-corrected chi connectivity index (χ2v) is 6.44. The molecule has 0 bridgehead atoms. The van der Waals surface area contributed by atoms with Gasteiger partial charge in [0.2, 0.25) is 5.91 Å². The van der Waals surface area contributed by atoms with Gasteiger partial charge in [0.1, 0.15) is 5.82 Å². The number of aromatic nitrogens is 1. The van der Waals surface area contributed by atoms with E-state index in [-0.39, 0.29) is 18.0 Å². The fraction of sp³-hybridized carbons (Fsp3) is 0.316. The molecular weight excluding hydrogens is 316 g/mol. The number of hydrogen-bond donors (Lipinski definition) is 2. The van der Waals surface area contributed by atoms with Gasteiger partial charge in [-0.1, -0.05) is 12.1 Å². The molecular formula is C19H22N4O2. The SMILES string of the molecule is Cc1cccc(NC(=O)N[C@@H]2CC(=O)N(c3ccc(C)c(C)c3)C2)n1. The van der Waals surface area contributed by atoms with Gasteiger partial charge in [0, 0.05) is 24.3 Å². The zero-order chi connectivity index (χ0) is 18.0. The summed E-state index contributed by atoms with van der Waals surface area (Å²) in [5.41, 5.74) is 4.04. The molecule has 1 saturated heterocycles. The molecule has 0 spiro atoms. The average molecular weight is 338 g/mol. The summed E-state index contributed by atoms with van der Waals surface area (Å²) in [6.07, 6.45) is 0.293. The lowest BCUT2D eigenvalue weighted by molar-refractivity contribution is -0.117. The van der Waals surface area contributed by atoms with Crippen molar-refractivity contribution >= 4 is 23.4 Å². The first-order valence-corrected chi connectivity index (χ1v) is 8.31. The van der Waals surface area contributed by atoms with Crippen molar-refractivity contribution < 1.29 is 9.59 Å². The fourth-order valence-corrected chi connectivity index (χ4v) is 2.90. The van der Waals surface area contributed by atoms with Crippen LogP contribution in [0.3, 0.4) is 0 Å². The van der Waals surface area contributed by atoms with E-state index in [9.17, 15) is 9.59 Å². The molecule has 0 saturated carbocycles. The molecule has 0 aliphatic carbocycles. The number of pyridine rings is 1. The largest absolute Gasteiger partial charge is 0.333 e. The van der Waals surface area contributed by atoms with Crippen LogP contribution >= 0.6 is 0 Å². The van der Waals surface area contributed by atoms with E-state index in [1.807, 2.05) is 51.1 Å². The molecule has 6 heteroatoms. The van der Waals surface area contributed by atoms with E-state index < -0.39 is 0 Å². The van der Waals surface area contributed by atoms with Crippen LogP contribution in [0.25, 0.3) is 0 Å². The number of amides is 3. The summed E-state index contributed by atoms with van der Waals surface area (Å²) in [6.45, 7) is 6.40. The normalized spacial score (nSPS) is 16.8. The summed E-state index contributed by atoms with van der Waals surface area (Å²) in [6, 6.07) is 10.8. The predicted molar refractivity (Wildman–Crippen MR) is 97.8 cm³/mol. The number of anilines is 2. The fourth-order valence-electron chi connectivity index (χ4n) is 2.90.